The molecule has 134 valence electrons. The van der Waals surface area contributed by atoms with E-state index in [0.29, 0.717) is 26.2 Å². The number of rotatable bonds is 6. The number of amides is 2. The van der Waals surface area contributed by atoms with Gasteiger partial charge in [0.1, 0.15) is 0 Å². The van der Waals surface area contributed by atoms with Crippen LogP contribution < -0.4 is 10.6 Å². The fraction of sp³-hybridized carbons (Fsp3) is 0.333. The average Bonchev–Trinajstić information content (AvgIpc) is 3.11. The zero-order valence-electron chi connectivity index (χ0n) is 13.8. The molecular weight excluding hydrogens is 358 g/mol. The second-order valence-corrected chi connectivity index (χ2v) is 6.84. The molecule has 1 unspecified atom stereocenters. The van der Waals surface area contributed by atoms with Gasteiger partial charge in [-0.2, -0.15) is 0 Å². The molecule has 1 aliphatic rings. The molecule has 1 fully saturated rings. The lowest BCUT2D eigenvalue weighted by Gasteiger charge is -2.33. The van der Waals surface area contributed by atoms with Crippen LogP contribution in [0, 0.1) is 0 Å². The van der Waals surface area contributed by atoms with E-state index in [4.69, 9.17) is 0 Å². The van der Waals surface area contributed by atoms with Gasteiger partial charge in [0, 0.05) is 24.5 Å². The summed E-state index contributed by atoms with van der Waals surface area (Å²) in [5.41, 5.74) is 1.11. The SMILES string of the molecule is Cl.O=C(CC1NCCN(Cc2ccccc2)C1=O)NCc1cccs1. The van der Waals surface area contributed by atoms with Crippen LogP contribution in [0.15, 0.2) is 47.8 Å². The molecule has 0 aliphatic carbocycles. The quantitative estimate of drug-likeness (QED) is 0.808. The van der Waals surface area contributed by atoms with Gasteiger partial charge in [-0.1, -0.05) is 36.4 Å². The fourth-order valence-electron chi connectivity index (χ4n) is 2.77. The molecule has 2 amide bonds. The average molecular weight is 380 g/mol. The molecule has 1 saturated heterocycles. The Kier molecular flexibility index (Phi) is 7.43. The molecule has 1 aromatic carbocycles. The van der Waals surface area contributed by atoms with Crippen molar-refractivity contribution in [1.29, 1.82) is 0 Å². The Labute approximate surface area is 157 Å². The molecule has 7 heteroatoms. The lowest BCUT2D eigenvalue weighted by molar-refractivity contribution is -0.138. The van der Waals surface area contributed by atoms with Gasteiger partial charge in [0.15, 0.2) is 0 Å². The smallest absolute Gasteiger partial charge is 0.240 e. The third-order valence-electron chi connectivity index (χ3n) is 4.03. The molecular formula is C18H22ClN3O2S. The third-order valence-corrected chi connectivity index (χ3v) is 4.90. The largest absolute Gasteiger partial charge is 0.351 e. The van der Waals surface area contributed by atoms with E-state index in [2.05, 4.69) is 10.6 Å². The van der Waals surface area contributed by atoms with Crippen LogP contribution in [0.5, 0.6) is 0 Å². The van der Waals surface area contributed by atoms with Gasteiger partial charge >= 0.3 is 0 Å². The summed E-state index contributed by atoms with van der Waals surface area (Å²) in [6.07, 6.45) is 0.176. The van der Waals surface area contributed by atoms with Gasteiger partial charge in [-0.25, -0.2) is 0 Å². The predicted molar refractivity (Wildman–Crippen MR) is 102 cm³/mol. The van der Waals surface area contributed by atoms with Crippen LogP contribution in [0.2, 0.25) is 0 Å². The Morgan fingerprint density at radius 1 is 1.24 bits per heavy atom. The minimum absolute atomic E-state index is 0. The highest BCUT2D eigenvalue weighted by Crippen LogP contribution is 2.11. The number of halogens is 1. The van der Waals surface area contributed by atoms with E-state index in [0.717, 1.165) is 10.4 Å². The number of carbonyl (C=O) groups is 2. The summed E-state index contributed by atoms with van der Waals surface area (Å²) in [7, 11) is 0. The van der Waals surface area contributed by atoms with E-state index in [-0.39, 0.29) is 30.6 Å². The van der Waals surface area contributed by atoms with Crippen molar-refractivity contribution >= 4 is 35.6 Å². The maximum absolute atomic E-state index is 12.6. The predicted octanol–water partition coefficient (Wildman–Crippen LogP) is 2.18. The molecule has 5 nitrogen and oxygen atoms in total. The van der Waals surface area contributed by atoms with E-state index in [1.165, 1.54) is 0 Å². The monoisotopic (exact) mass is 379 g/mol. The molecule has 25 heavy (non-hydrogen) atoms. The summed E-state index contributed by atoms with van der Waals surface area (Å²) < 4.78 is 0. The minimum atomic E-state index is -0.439. The summed E-state index contributed by atoms with van der Waals surface area (Å²) in [5, 5.41) is 8.02. The van der Waals surface area contributed by atoms with Crippen molar-refractivity contribution in [3.8, 4) is 0 Å². The van der Waals surface area contributed by atoms with Gasteiger partial charge in [0.25, 0.3) is 0 Å². The van der Waals surface area contributed by atoms with Crippen molar-refractivity contribution in [2.45, 2.75) is 25.6 Å². The number of benzene rings is 1. The van der Waals surface area contributed by atoms with Gasteiger partial charge in [0.2, 0.25) is 11.8 Å². The number of carbonyl (C=O) groups excluding carboxylic acids is 2. The zero-order valence-corrected chi connectivity index (χ0v) is 15.4. The van der Waals surface area contributed by atoms with Crippen LogP contribution in [0.1, 0.15) is 16.9 Å². The Balaban J connectivity index is 0.00000225. The lowest BCUT2D eigenvalue weighted by Crippen LogP contribution is -2.55. The maximum Gasteiger partial charge on any atom is 0.240 e. The van der Waals surface area contributed by atoms with Crippen LogP contribution in [0.25, 0.3) is 0 Å². The van der Waals surface area contributed by atoms with Gasteiger partial charge < -0.3 is 15.5 Å². The third kappa shape index (κ3) is 5.56. The highest BCUT2D eigenvalue weighted by molar-refractivity contribution is 7.09. The molecule has 1 atom stereocenters. The van der Waals surface area contributed by atoms with Gasteiger partial charge in [-0.05, 0) is 17.0 Å². The first-order valence-electron chi connectivity index (χ1n) is 8.07. The van der Waals surface area contributed by atoms with Crippen LogP contribution in [-0.2, 0) is 22.7 Å². The Morgan fingerprint density at radius 2 is 2.04 bits per heavy atom. The molecule has 1 aromatic heterocycles. The molecule has 2 N–H and O–H groups in total. The Bertz CT molecular complexity index is 679. The van der Waals surface area contributed by atoms with Crippen LogP contribution in [-0.4, -0.2) is 35.8 Å². The lowest BCUT2D eigenvalue weighted by atomic mass is 10.1. The maximum atomic E-state index is 12.6. The van der Waals surface area contributed by atoms with Gasteiger partial charge in [-0.15, -0.1) is 23.7 Å². The zero-order chi connectivity index (χ0) is 16.8. The summed E-state index contributed by atoms with van der Waals surface area (Å²) >= 11 is 1.61. The fourth-order valence-corrected chi connectivity index (χ4v) is 3.41. The number of nitrogens with zero attached hydrogens (tertiary/aromatic N) is 1. The van der Waals surface area contributed by atoms with Crippen molar-refractivity contribution in [2.24, 2.45) is 0 Å². The molecule has 2 heterocycles. The van der Waals surface area contributed by atoms with Crippen molar-refractivity contribution in [3.63, 3.8) is 0 Å². The molecule has 1 aliphatic heterocycles. The van der Waals surface area contributed by atoms with E-state index in [9.17, 15) is 9.59 Å². The van der Waals surface area contributed by atoms with Crippen LogP contribution >= 0.6 is 23.7 Å². The number of thiophene rings is 1. The molecule has 0 spiro atoms. The summed E-state index contributed by atoms with van der Waals surface area (Å²) in [6, 6.07) is 13.4. The Morgan fingerprint density at radius 3 is 2.76 bits per heavy atom. The van der Waals surface area contributed by atoms with Crippen molar-refractivity contribution in [3.05, 3.63) is 58.3 Å². The van der Waals surface area contributed by atoms with E-state index >= 15 is 0 Å². The minimum Gasteiger partial charge on any atom is -0.351 e. The van der Waals surface area contributed by atoms with E-state index in [1.54, 1.807) is 11.3 Å². The Hall–Kier alpha value is -1.89. The first kappa shape index (κ1) is 19.4. The standard InChI is InChI=1S/C18H21N3O2S.ClH/c22-17(20-12-15-7-4-10-24-15)11-16-18(23)21(9-8-19-16)13-14-5-2-1-3-6-14;/h1-7,10,16,19H,8-9,11-13H2,(H,20,22);1H. The molecule has 0 bridgehead atoms. The second kappa shape index (κ2) is 9.56. The van der Waals surface area contributed by atoms with Crippen molar-refractivity contribution < 1.29 is 9.59 Å². The van der Waals surface area contributed by atoms with Crippen molar-refractivity contribution in [1.82, 2.24) is 15.5 Å². The molecule has 3 rings (SSSR count). The second-order valence-electron chi connectivity index (χ2n) is 5.81. The normalized spacial score (nSPS) is 17.0. The summed E-state index contributed by atoms with van der Waals surface area (Å²) in [5.74, 6) is -0.104. The topological polar surface area (TPSA) is 61.4 Å². The highest BCUT2D eigenvalue weighted by Gasteiger charge is 2.29. The first-order chi connectivity index (χ1) is 11.7. The van der Waals surface area contributed by atoms with E-state index in [1.807, 2.05) is 52.7 Å². The van der Waals surface area contributed by atoms with Crippen LogP contribution in [0.4, 0.5) is 0 Å². The number of hydrogen-bond acceptors (Lipinski definition) is 4. The van der Waals surface area contributed by atoms with E-state index < -0.39 is 6.04 Å². The summed E-state index contributed by atoms with van der Waals surface area (Å²) in [4.78, 5) is 27.6. The number of piperazine rings is 1. The van der Waals surface area contributed by atoms with Gasteiger partial charge in [-0.3, -0.25) is 9.59 Å². The van der Waals surface area contributed by atoms with Crippen LogP contribution in [0.3, 0.4) is 0 Å². The molecule has 0 radical (unpaired) electrons. The highest BCUT2D eigenvalue weighted by atomic mass is 35.5. The molecule has 2 aromatic rings. The van der Waals surface area contributed by atoms with Gasteiger partial charge in [0.05, 0.1) is 19.0 Å². The number of nitrogens with one attached hydrogen (secondary N) is 2. The summed E-state index contributed by atoms with van der Waals surface area (Å²) in [6.45, 7) is 2.49. The van der Waals surface area contributed by atoms with Crippen molar-refractivity contribution in [2.75, 3.05) is 13.1 Å². The number of hydrogen-bond donors (Lipinski definition) is 2. The molecule has 0 saturated carbocycles. The first-order valence-corrected chi connectivity index (χ1v) is 8.95.